The van der Waals surface area contributed by atoms with E-state index in [4.69, 9.17) is 0 Å². The SMILES string of the molecule is C/C(=N\NC(=O)C1CCC(NS(=O)(=O)C2CCCS2)CC1)C1CCC2CCCCC2C1. The van der Waals surface area contributed by atoms with Gasteiger partial charge in [0, 0.05) is 17.7 Å². The summed E-state index contributed by atoms with van der Waals surface area (Å²) in [4.78, 5) is 12.7. The molecule has 4 fully saturated rings. The molecule has 0 spiro atoms. The number of hydrogen-bond donors (Lipinski definition) is 2. The first-order chi connectivity index (χ1) is 14.9. The van der Waals surface area contributed by atoms with E-state index in [1.165, 1.54) is 44.9 Å². The molecule has 0 aromatic heterocycles. The lowest BCUT2D eigenvalue weighted by atomic mass is 9.67. The summed E-state index contributed by atoms with van der Waals surface area (Å²) in [6.45, 7) is 2.07. The van der Waals surface area contributed by atoms with Crippen LogP contribution in [0.15, 0.2) is 5.10 Å². The van der Waals surface area contributed by atoms with Gasteiger partial charge in [-0.25, -0.2) is 18.6 Å². The van der Waals surface area contributed by atoms with Crippen LogP contribution in [0.2, 0.25) is 0 Å². The Morgan fingerprint density at radius 2 is 1.58 bits per heavy atom. The number of carbonyl (C=O) groups excluding carboxylic acids is 1. The van der Waals surface area contributed by atoms with Gasteiger partial charge in [-0.05, 0) is 88.2 Å². The standard InChI is InChI=1S/C23H39N3O3S2/c1-16(19-9-8-17-5-2-3-6-20(17)15-19)24-25-23(27)18-10-12-21(13-11-18)26-31(28,29)22-7-4-14-30-22/h17-22,26H,2-15H2,1H3,(H,25,27)/b24-16+. The molecular weight excluding hydrogens is 430 g/mol. The average Bonchev–Trinajstić information content (AvgIpc) is 3.33. The predicted molar refractivity (Wildman–Crippen MR) is 127 cm³/mol. The summed E-state index contributed by atoms with van der Waals surface area (Å²) in [5.74, 6) is 3.16. The Labute approximate surface area is 192 Å². The van der Waals surface area contributed by atoms with Crippen LogP contribution in [0.4, 0.5) is 0 Å². The molecule has 4 unspecified atom stereocenters. The van der Waals surface area contributed by atoms with Crippen LogP contribution >= 0.6 is 11.8 Å². The fourth-order valence-corrected chi connectivity index (χ4v) is 9.58. The lowest BCUT2D eigenvalue weighted by Gasteiger charge is -2.39. The molecule has 0 aromatic carbocycles. The van der Waals surface area contributed by atoms with E-state index in [9.17, 15) is 13.2 Å². The third-order valence-corrected chi connectivity index (χ3v) is 12.0. The Morgan fingerprint density at radius 1 is 0.871 bits per heavy atom. The first kappa shape index (κ1) is 23.6. The second-order valence-electron chi connectivity index (χ2n) is 10.2. The van der Waals surface area contributed by atoms with Gasteiger partial charge >= 0.3 is 0 Å². The molecule has 1 heterocycles. The molecule has 3 saturated carbocycles. The molecule has 8 heteroatoms. The van der Waals surface area contributed by atoms with Crippen molar-refractivity contribution in [2.45, 2.75) is 101 Å². The largest absolute Gasteiger partial charge is 0.273 e. The zero-order valence-electron chi connectivity index (χ0n) is 18.9. The van der Waals surface area contributed by atoms with Gasteiger partial charge in [-0.2, -0.15) is 5.10 Å². The normalized spacial score (nSPS) is 37.3. The summed E-state index contributed by atoms with van der Waals surface area (Å²) in [6.07, 6.45) is 13.9. The van der Waals surface area contributed by atoms with Gasteiger partial charge in [0.05, 0.1) is 0 Å². The van der Waals surface area contributed by atoms with Gasteiger partial charge < -0.3 is 0 Å². The van der Waals surface area contributed by atoms with E-state index in [-0.39, 0.29) is 22.4 Å². The van der Waals surface area contributed by atoms with E-state index in [1.807, 2.05) is 0 Å². The molecule has 4 atom stereocenters. The van der Waals surface area contributed by atoms with Crippen molar-refractivity contribution in [3.05, 3.63) is 0 Å². The topological polar surface area (TPSA) is 87.6 Å². The number of hydrazone groups is 1. The highest BCUT2D eigenvalue weighted by Gasteiger charge is 2.35. The summed E-state index contributed by atoms with van der Waals surface area (Å²) in [5.41, 5.74) is 3.91. The van der Waals surface area contributed by atoms with E-state index in [0.29, 0.717) is 5.92 Å². The van der Waals surface area contributed by atoms with Crippen molar-refractivity contribution in [3.8, 4) is 0 Å². The third-order valence-electron chi connectivity index (χ3n) is 8.14. The van der Waals surface area contributed by atoms with Gasteiger partial charge in [-0.1, -0.05) is 25.7 Å². The minimum Gasteiger partial charge on any atom is -0.273 e. The lowest BCUT2D eigenvalue weighted by Crippen LogP contribution is -2.42. The molecule has 0 aromatic rings. The van der Waals surface area contributed by atoms with Crippen molar-refractivity contribution in [1.29, 1.82) is 0 Å². The van der Waals surface area contributed by atoms with Gasteiger partial charge in [0.2, 0.25) is 15.9 Å². The molecule has 4 rings (SSSR count). The number of hydrogen-bond acceptors (Lipinski definition) is 5. The number of nitrogens with one attached hydrogen (secondary N) is 2. The molecule has 1 saturated heterocycles. The summed E-state index contributed by atoms with van der Waals surface area (Å²) >= 11 is 1.54. The van der Waals surface area contributed by atoms with E-state index in [2.05, 4.69) is 22.2 Å². The highest BCUT2D eigenvalue weighted by Crippen LogP contribution is 2.43. The van der Waals surface area contributed by atoms with Crippen molar-refractivity contribution < 1.29 is 13.2 Å². The molecule has 1 aliphatic heterocycles. The maximum absolute atomic E-state index is 12.7. The van der Waals surface area contributed by atoms with Gasteiger partial charge in [0.25, 0.3) is 0 Å². The molecular formula is C23H39N3O3S2. The summed E-state index contributed by atoms with van der Waals surface area (Å²) in [7, 11) is -3.25. The van der Waals surface area contributed by atoms with Crippen LogP contribution in [0, 0.1) is 23.7 Å². The van der Waals surface area contributed by atoms with Crippen molar-refractivity contribution in [2.24, 2.45) is 28.8 Å². The van der Waals surface area contributed by atoms with Crippen molar-refractivity contribution >= 4 is 33.4 Å². The molecule has 6 nitrogen and oxygen atoms in total. The first-order valence-corrected chi connectivity index (χ1v) is 15.0. The van der Waals surface area contributed by atoms with Gasteiger partial charge in [0.1, 0.15) is 4.58 Å². The molecule has 1 amide bonds. The highest BCUT2D eigenvalue weighted by atomic mass is 32.3. The molecule has 31 heavy (non-hydrogen) atoms. The van der Waals surface area contributed by atoms with Crippen LogP contribution in [0.1, 0.15) is 90.4 Å². The zero-order chi connectivity index (χ0) is 21.8. The molecule has 0 bridgehead atoms. The molecule has 2 N–H and O–H groups in total. The lowest BCUT2D eigenvalue weighted by molar-refractivity contribution is -0.126. The Balaban J connectivity index is 1.21. The minimum absolute atomic E-state index is 0.00152. The van der Waals surface area contributed by atoms with Gasteiger partial charge in [-0.15, -0.1) is 11.8 Å². The second kappa shape index (κ2) is 10.6. The molecule has 3 aliphatic carbocycles. The molecule has 176 valence electrons. The number of nitrogens with zero attached hydrogens (tertiary/aromatic N) is 1. The molecule has 0 radical (unpaired) electrons. The smallest absolute Gasteiger partial charge is 0.243 e. The van der Waals surface area contributed by atoms with Crippen LogP contribution < -0.4 is 10.1 Å². The fraction of sp³-hybridized carbons (Fsp3) is 0.913. The van der Waals surface area contributed by atoms with E-state index >= 15 is 0 Å². The Bertz CT molecular complexity index is 756. The predicted octanol–water partition coefficient (Wildman–Crippen LogP) is 4.42. The number of carbonyl (C=O) groups is 1. The van der Waals surface area contributed by atoms with Crippen molar-refractivity contribution in [3.63, 3.8) is 0 Å². The summed E-state index contributed by atoms with van der Waals surface area (Å²) in [6, 6.07) is -0.0360. The Hall–Kier alpha value is -0.600. The summed E-state index contributed by atoms with van der Waals surface area (Å²) in [5, 5.41) is 4.49. The second-order valence-corrected chi connectivity index (χ2v) is 13.7. The highest BCUT2D eigenvalue weighted by molar-refractivity contribution is 8.13. The van der Waals surface area contributed by atoms with Crippen LogP contribution in [0.3, 0.4) is 0 Å². The average molecular weight is 470 g/mol. The van der Waals surface area contributed by atoms with Crippen LogP contribution in [0.25, 0.3) is 0 Å². The van der Waals surface area contributed by atoms with E-state index < -0.39 is 10.0 Å². The zero-order valence-corrected chi connectivity index (χ0v) is 20.5. The Kier molecular flexibility index (Phi) is 8.02. The fourth-order valence-electron chi connectivity index (χ4n) is 6.15. The number of rotatable bonds is 6. The maximum Gasteiger partial charge on any atom is 0.243 e. The monoisotopic (exact) mass is 469 g/mol. The summed E-state index contributed by atoms with van der Waals surface area (Å²) < 4.78 is 27.6. The van der Waals surface area contributed by atoms with Crippen LogP contribution in [-0.2, 0) is 14.8 Å². The maximum atomic E-state index is 12.7. The minimum atomic E-state index is -3.25. The van der Waals surface area contributed by atoms with Gasteiger partial charge in [-0.3, -0.25) is 4.79 Å². The number of amides is 1. The van der Waals surface area contributed by atoms with Crippen LogP contribution in [-0.4, -0.2) is 36.4 Å². The number of fused-ring (bicyclic) bond motifs is 1. The number of thioether (sulfide) groups is 1. The quantitative estimate of drug-likeness (QED) is 0.445. The third kappa shape index (κ3) is 6.05. The Morgan fingerprint density at radius 3 is 2.29 bits per heavy atom. The van der Waals surface area contributed by atoms with E-state index in [1.54, 1.807) is 11.8 Å². The van der Waals surface area contributed by atoms with Crippen molar-refractivity contribution in [2.75, 3.05) is 5.75 Å². The van der Waals surface area contributed by atoms with Crippen molar-refractivity contribution in [1.82, 2.24) is 10.1 Å². The van der Waals surface area contributed by atoms with E-state index in [0.717, 1.165) is 61.8 Å². The number of sulfonamides is 1. The van der Waals surface area contributed by atoms with Crippen LogP contribution in [0.5, 0.6) is 0 Å². The molecule has 4 aliphatic rings. The first-order valence-electron chi connectivity index (χ1n) is 12.4. The van der Waals surface area contributed by atoms with Gasteiger partial charge in [0.15, 0.2) is 0 Å².